The van der Waals surface area contributed by atoms with E-state index in [1.165, 1.54) is 24.3 Å². The smallest absolute Gasteiger partial charge is 0.494 e. The van der Waals surface area contributed by atoms with Crippen LogP contribution in [-0.2, 0) is 30.2 Å². The molecule has 1 N–H and O–H groups in total. The first kappa shape index (κ1) is 53.8. The van der Waals surface area contributed by atoms with Crippen molar-refractivity contribution in [1.82, 2.24) is 0 Å². The molecule has 0 saturated heterocycles. The number of carbonyl (C=O) groups is 4. The third-order valence-corrected chi connectivity index (χ3v) is 10.9. The summed E-state index contributed by atoms with van der Waals surface area (Å²) >= 11 is 0. The number of hydrogen-bond acceptors (Lipinski definition) is 14. The molecule has 0 atom stereocenters. The quantitative estimate of drug-likeness (QED) is 0.00641. The van der Waals surface area contributed by atoms with E-state index in [4.69, 9.17) is 28.4 Å². The number of nitro benzene ring substituents is 1. The Morgan fingerprint density at radius 2 is 0.958 bits per heavy atom. The fourth-order valence-corrected chi connectivity index (χ4v) is 7.27. The van der Waals surface area contributed by atoms with Gasteiger partial charge in [-0.25, -0.2) is 19.2 Å². The van der Waals surface area contributed by atoms with Crippen molar-refractivity contribution in [1.29, 1.82) is 0 Å². The van der Waals surface area contributed by atoms with Crippen LogP contribution in [-0.4, -0.2) is 67.1 Å². The second kappa shape index (κ2) is 29.7. The van der Waals surface area contributed by atoms with Gasteiger partial charge in [0, 0.05) is 24.3 Å². The molecule has 0 unspecified atom stereocenters. The second-order valence-electron chi connectivity index (χ2n) is 16.2. The number of esters is 3. The summed E-state index contributed by atoms with van der Waals surface area (Å²) < 4.78 is 32.8. The molecule has 5 aromatic rings. The Hall–Kier alpha value is -8.14. The lowest BCUT2D eigenvalue weighted by atomic mass is 9.88. The molecule has 71 heavy (non-hydrogen) atoms. The lowest BCUT2D eigenvalue weighted by Crippen LogP contribution is -2.13. The molecule has 0 bridgehead atoms. The van der Waals surface area contributed by atoms with E-state index in [-0.39, 0.29) is 11.3 Å². The van der Waals surface area contributed by atoms with Crippen molar-refractivity contribution in [2.75, 3.05) is 33.0 Å². The summed E-state index contributed by atoms with van der Waals surface area (Å²) in [4.78, 5) is 58.3. The molecule has 5 rings (SSSR count). The number of carbonyl (C=O) groups excluding carboxylic acids is 3. The molecule has 0 aliphatic carbocycles. The Labute approximate surface area is 413 Å². The minimum atomic E-state index is -1.71. The van der Waals surface area contributed by atoms with Gasteiger partial charge < -0.3 is 33.5 Å². The minimum Gasteiger partial charge on any atom is -0.494 e. The Morgan fingerprint density at radius 3 is 1.41 bits per heavy atom. The maximum Gasteiger partial charge on any atom is 0.513 e. The van der Waals surface area contributed by atoms with Crippen molar-refractivity contribution in [3.63, 3.8) is 0 Å². The van der Waals surface area contributed by atoms with Crippen LogP contribution in [0.1, 0.15) is 86.6 Å². The number of benzene rings is 5. The number of ether oxygens (including phenoxy) is 6. The number of nitrogens with zero attached hydrogens (tertiary/aromatic N) is 3. The number of azo groups is 1. The number of hydrogen-bond donors (Lipinski definition) is 1. The van der Waals surface area contributed by atoms with Gasteiger partial charge in [0.1, 0.15) is 17.2 Å². The molecule has 0 aliphatic rings. The molecule has 372 valence electrons. The van der Waals surface area contributed by atoms with Gasteiger partial charge in [0.15, 0.2) is 0 Å². The first-order chi connectivity index (χ1) is 34.5. The normalized spacial score (nSPS) is 10.8. The predicted molar refractivity (Wildman–Crippen MR) is 268 cm³/mol. The molecule has 0 saturated carbocycles. The summed E-state index contributed by atoms with van der Waals surface area (Å²) in [5.74, 6) is 0.111. The van der Waals surface area contributed by atoms with Gasteiger partial charge >= 0.3 is 24.1 Å². The lowest BCUT2D eigenvalue weighted by molar-refractivity contribution is -0.384. The summed E-state index contributed by atoms with van der Waals surface area (Å²) in [7, 11) is 0. The van der Waals surface area contributed by atoms with Crippen LogP contribution in [0.15, 0.2) is 145 Å². The van der Waals surface area contributed by atoms with Gasteiger partial charge in [-0.05, 0) is 172 Å². The molecule has 5 aromatic carbocycles. The van der Waals surface area contributed by atoms with E-state index < -0.39 is 29.0 Å². The van der Waals surface area contributed by atoms with Crippen LogP contribution in [0, 0.1) is 10.1 Å². The third kappa shape index (κ3) is 19.1. The predicted octanol–water partition coefficient (Wildman–Crippen LogP) is 13.3. The van der Waals surface area contributed by atoms with E-state index in [0.29, 0.717) is 84.8 Å². The van der Waals surface area contributed by atoms with Gasteiger partial charge in [-0.15, -0.1) is 0 Å². The number of unbranched alkanes of at least 4 members (excludes halogenated alkanes) is 8. The van der Waals surface area contributed by atoms with Crippen LogP contribution in [0.2, 0.25) is 0 Å². The highest BCUT2D eigenvalue weighted by Gasteiger charge is 2.22. The number of carboxylic acid groups (broad SMARTS) is 1. The second-order valence-corrected chi connectivity index (χ2v) is 16.2. The summed E-state index contributed by atoms with van der Waals surface area (Å²) in [6.07, 6.45) is 10.1. The third-order valence-electron chi connectivity index (χ3n) is 10.9. The van der Waals surface area contributed by atoms with Crippen LogP contribution in [0.25, 0.3) is 22.3 Å². The topological polar surface area (TPSA) is 212 Å². The maximum atomic E-state index is 13.7. The van der Waals surface area contributed by atoms with Crippen molar-refractivity contribution in [2.45, 2.75) is 77.0 Å². The number of nitro groups is 1. The molecule has 0 aromatic heterocycles. The molecule has 16 heteroatoms. The maximum absolute atomic E-state index is 13.7. The largest absolute Gasteiger partial charge is 0.513 e. The standard InChI is InChI=1S/C55H59N3O13/c1-3-51(59)69-36-13-7-5-11-33-66-47-27-17-40(18-28-47)43-38-42(16-10-9-15-35-68-49-31-23-45(24-32-49)57-56-44-21-25-46(26-22-44)58(64)65)53(50(39-43)54(61)71-55(62)63)41-19-29-48(30-20-41)67-34-12-6-8-14-37-70-52(60)4-2/h3-4,17-32,38-39H,1-2,5-16,33-37H2,(H,62,63). The number of non-ortho nitro benzene ring substituents is 1. The SMILES string of the molecule is C=CC(=O)OCCCCCCOc1ccc(-c2cc(CCCCCOc3ccc(N=Nc4ccc([N+](=O)[O-])cc4)cc3)c(-c3ccc(OCCCCCCOC(=O)C=C)cc3)c(C(=O)OC(=O)O)c2)cc1. The molecule has 0 radical (unpaired) electrons. The fraction of sp³-hybridized carbons (Fsp3) is 0.309. The zero-order valence-corrected chi connectivity index (χ0v) is 39.7. The van der Waals surface area contributed by atoms with Crippen LogP contribution in [0.4, 0.5) is 21.9 Å². The molecule has 16 nitrogen and oxygen atoms in total. The highest BCUT2D eigenvalue weighted by molar-refractivity contribution is 6.03. The van der Waals surface area contributed by atoms with E-state index in [2.05, 4.69) is 23.4 Å². The Balaban J connectivity index is 1.25. The van der Waals surface area contributed by atoms with E-state index in [1.54, 1.807) is 30.3 Å². The average molecular weight is 970 g/mol. The first-order valence-corrected chi connectivity index (χ1v) is 23.6. The van der Waals surface area contributed by atoms with Crippen molar-refractivity contribution in [2.24, 2.45) is 10.2 Å². The van der Waals surface area contributed by atoms with Gasteiger partial charge in [0.2, 0.25) is 0 Å². The first-order valence-electron chi connectivity index (χ1n) is 23.6. The molecular weight excluding hydrogens is 911 g/mol. The monoisotopic (exact) mass is 969 g/mol. The summed E-state index contributed by atoms with van der Waals surface area (Å²) in [5.41, 5.74) is 4.71. The van der Waals surface area contributed by atoms with Crippen LogP contribution < -0.4 is 14.2 Å². The summed E-state index contributed by atoms with van der Waals surface area (Å²) in [5, 5.41) is 28.8. The average Bonchev–Trinajstić information content (AvgIpc) is 3.38. The minimum absolute atomic E-state index is 0.0258. The highest BCUT2D eigenvalue weighted by atomic mass is 16.7. The summed E-state index contributed by atoms with van der Waals surface area (Å²) in [6, 6.07) is 31.4. The molecule has 0 heterocycles. The van der Waals surface area contributed by atoms with Crippen LogP contribution in [0.3, 0.4) is 0 Å². The van der Waals surface area contributed by atoms with Crippen LogP contribution >= 0.6 is 0 Å². The molecule has 0 spiro atoms. The van der Waals surface area contributed by atoms with Gasteiger partial charge in [0.25, 0.3) is 5.69 Å². The van der Waals surface area contributed by atoms with Crippen molar-refractivity contribution < 1.29 is 57.6 Å². The van der Waals surface area contributed by atoms with Crippen molar-refractivity contribution >= 4 is 41.1 Å². The number of aryl methyl sites for hydroxylation is 1. The van der Waals surface area contributed by atoms with E-state index in [1.807, 2.05) is 54.6 Å². The van der Waals surface area contributed by atoms with Crippen molar-refractivity contribution in [3.8, 4) is 39.5 Å². The molecule has 0 fully saturated rings. The fourth-order valence-electron chi connectivity index (χ4n) is 7.27. The van der Waals surface area contributed by atoms with Crippen LogP contribution in [0.5, 0.6) is 17.2 Å². The van der Waals surface area contributed by atoms with E-state index >= 15 is 0 Å². The van der Waals surface area contributed by atoms with Gasteiger partial charge in [-0.3, -0.25) is 10.1 Å². The van der Waals surface area contributed by atoms with E-state index in [0.717, 1.165) is 93.9 Å². The number of rotatable bonds is 31. The molecular formula is C55H59N3O13. The Bertz CT molecular complexity index is 2560. The zero-order chi connectivity index (χ0) is 50.6. The Kier molecular flexibility index (Phi) is 22.5. The van der Waals surface area contributed by atoms with Gasteiger partial charge in [0.05, 0.1) is 54.9 Å². The Morgan fingerprint density at radius 1 is 0.535 bits per heavy atom. The molecule has 0 amide bonds. The summed E-state index contributed by atoms with van der Waals surface area (Å²) in [6.45, 7) is 8.93. The highest BCUT2D eigenvalue weighted by Crippen LogP contribution is 2.36. The van der Waals surface area contributed by atoms with Crippen molar-refractivity contribution in [3.05, 3.63) is 156 Å². The molecule has 0 aliphatic heterocycles. The zero-order valence-electron chi connectivity index (χ0n) is 39.7. The lowest BCUT2D eigenvalue weighted by Gasteiger charge is -2.18. The van der Waals surface area contributed by atoms with Gasteiger partial charge in [-0.1, -0.05) is 43.5 Å². The van der Waals surface area contributed by atoms with E-state index in [9.17, 15) is 34.4 Å². The van der Waals surface area contributed by atoms with Gasteiger partial charge in [-0.2, -0.15) is 10.2 Å².